The zero-order chi connectivity index (χ0) is 11.8. The molecule has 0 spiro atoms. The second-order valence-corrected chi connectivity index (χ2v) is 4.69. The number of hydrogen-bond donors (Lipinski definition) is 0. The zero-order valence-corrected chi connectivity index (χ0v) is 9.81. The first-order valence-corrected chi connectivity index (χ1v) is 5.94. The molecule has 0 bridgehead atoms. The normalized spacial score (nSPS) is 18.2. The Hall–Kier alpha value is -1.89. The summed E-state index contributed by atoms with van der Waals surface area (Å²) in [5.74, 6) is 0.291. The molecule has 0 heterocycles. The van der Waals surface area contributed by atoms with Gasteiger partial charge in [-0.05, 0) is 24.5 Å². The molecular weight excluding hydrogens is 208 g/mol. The predicted octanol–water partition coefficient (Wildman–Crippen LogP) is 3.52. The second-order valence-electron chi connectivity index (χ2n) is 4.69. The largest absolute Gasteiger partial charge is 0.293 e. The first-order valence-electron chi connectivity index (χ1n) is 5.94. The number of ketones is 1. The van der Waals surface area contributed by atoms with E-state index in [2.05, 4.69) is 13.0 Å². The number of benzene rings is 2. The first-order chi connectivity index (χ1) is 8.25. The Morgan fingerprint density at radius 2 is 1.82 bits per heavy atom. The van der Waals surface area contributed by atoms with Gasteiger partial charge in [-0.15, -0.1) is 0 Å². The molecule has 1 heteroatoms. The van der Waals surface area contributed by atoms with Crippen LogP contribution in [0.15, 0.2) is 48.5 Å². The molecule has 84 valence electrons. The number of carbonyl (C=O) groups excluding carboxylic acids is 1. The van der Waals surface area contributed by atoms with E-state index in [0.29, 0.717) is 0 Å². The van der Waals surface area contributed by atoms with E-state index < -0.39 is 0 Å². The predicted molar refractivity (Wildman–Crippen MR) is 68.4 cm³/mol. The van der Waals surface area contributed by atoms with Crippen molar-refractivity contribution >= 4 is 5.78 Å². The highest BCUT2D eigenvalue weighted by molar-refractivity contribution is 6.05. The third kappa shape index (κ3) is 1.68. The van der Waals surface area contributed by atoms with Crippen LogP contribution in [0.5, 0.6) is 0 Å². The van der Waals surface area contributed by atoms with Gasteiger partial charge in [-0.25, -0.2) is 0 Å². The SMILES string of the molecule is Cc1ccc2c(c1)CC(c1ccccc1)C2=O. The molecule has 0 saturated heterocycles. The van der Waals surface area contributed by atoms with Gasteiger partial charge in [0, 0.05) is 5.56 Å². The van der Waals surface area contributed by atoms with Crippen LogP contribution >= 0.6 is 0 Å². The van der Waals surface area contributed by atoms with E-state index in [1.165, 1.54) is 11.1 Å². The minimum Gasteiger partial charge on any atom is -0.293 e. The summed E-state index contributed by atoms with van der Waals surface area (Å²) in [4.78, 5) is 12.3. The van der Waals surface area contributed by atoms with Crippen molar-refractivity contribution in [2.75, 3.05) is 0 Å². The Labute approximate surface area is 101 Å². The fraction of sp³-hybridized carbons (Fsp3) is 0.188. The first kappa shape index (κ1) is 10.3. The van der Waals surface area contributed by atoms with Crippen molar-refractivity contribution in [3.8, 4) is 0 Å². The van der Waals surface area contributed by atoms with Gasteiger partial charge in [0.15, 0.2) is 5.78 Å². The van der Waals surface area contributed by atoms with Gasteiger partial charge < -0.3 is 0 Å². The zero-order valence-electron chi connectivity index (χ0n) is 9.81. The van der Waals surface area contributed by atoms with Crippen molar-refractivity contribution in [2.24, 2.45) is 0 Å². The van der Waals surface area contributed by atoms with Gasteiger partial charge in [-0.3, -0.25) is 4.79 Å². The second kappa shape index (κ2) is 3.85. The molecule has 0 saturated carbocycles. The molecule has 17 heavy (non-hydrogen) atoms. The smallest absolute Gasteiger partial charge is 0.170 e. The average molecular weight is 222 g/mol. The summed E-state index contributed by atoms with van der Waals surface area (Å²) in [6.07, 6.45) is 0.847. The monoisotopic (exact) mass is 222 g/mol. The minimum absolute atomic E-state index is 0.0213. The Morgan fingerprint density at radius 3 is 2.59 bits per heavy atom. The lowest BCUT2D eigenvalue weighted by atomic mass is 9.95. The number of carbonyl (C=O) groups is 1. The molecule has 1 unspecified atom stereocenters. The Kier molecular flexibility index (Phi) is 2.32. The highest BCUT2D eigenvalue weighted by Crippen LogP contribution is 2.34. The van der Waals surface area contributed by atoms with E-state index in [-0.39, 0.29) is 11.7 Å². The van der Waals surface area contributed by atoms with Crippen LogP contribution in [0.2, 0.25) is 0 Å². The van der Waals surface area contributed by atoms with Gasteiger partial charge >= 0.3 is 0 Å². The topological polar surface area (TPSA) is 17.1 Å². The maximum Gasteiger partial charge on any atom is 0.170 e. The van der Waals surface area contributed by atoms with Gasteiger partial charge in [0.2, 0.25) is 0 Å². The average Bonchev–Trinajstić information content (AvgIpc) is 2.67. The van der Waals surface area contributed by atoms with E-state index in [1.54, 1.807) is 0 Å². The van der Waals surface area contributed by atoms with E-state index >= 15 is 0 Å². The van der Waals surface area contributed by atoms with Crippen LogP contribution in [0.1, 0.15) is 33.0 Å². The lowest BCUT2D eigenvalue weighted by Gasteiger charge is -2.07. The lowest BCUT2D eigenvalue weighted by molar-refractivity contribution is 0.0973. The van der Waals surface area contributed by atoms with E-state index in [0.717, 1.165) is 17.5 Å². The number of fused-ring (bicyclic) bond motifs is 1. The van der Waals surface area contributed by atoms with Gasteiger partial charge in [-0.1, -0.05) is 54.1 Å². The summed E-state index contributed by atoms with van der Waals surface area (Å²) < 4.78 is 0. The number of Topliss-reactive ketones (excluding diaryl/α,β-unsaturated/α-hetero) is 1. The maximum atomic E-state index is 12.3. The summed E-state index contributed by atoms with van der Waals surface area (Å²) in [6.45, 7) is 2.07. The Morgan fingerprint density at radius 1 is 1.06 bits per heavy atom. The molecule has 1 atom stereocenters. The summed E-state index contributed by atoms with van der Waals surface area (Å²) in [7, 11) is 0. The minimum atomic E-state index is 0.0213. The van der Waals surface area contributed by atoms with Crippen LogP contribution in [-0.2, 0) is 6.42 Å². The fourth-order valence-electron chi connectivity index (χ4n) is 2.59. The molecule has 2 aromatic carbocycles. The quantitative estimate of drug-likeness (QED) is 0.721. The van der Waals surface area contributed by atoms with Crippen LogP contribution in [-0.4, -0.2) is 5.78 Å². The molecule has 0 N–H and O–H groups in total. The van der Waals surface area contributed by atoms with Crippen molar-refractivity contribution < 1.29 is 4.79 Å². The van der Waals surface area contributed by atoms with Crippen LogP contribution in [0.25, 0.3) is 0 Å². The molecule has 2 aromatic rings. The van der Waals surface area contributed by atoms with Gasteiger partial charge in [0.05, 0.1) is 5.92 Å². The van der Waals surface area contributed by atoms with Crippen LogP contribution in [0.4, 0.5) is 0 Å². The van der Waals surface area contributed by atoms with Crippen molar-refractivity contribution in [2.45, 2.75) is 19.3 Å². The number of hydrogen-bond acceptors (Lipinski definition) is 1. The third-order valence-corrected chi connectivity index (χ3v) is 3.47. The molecule has 0 aromatic heterocycles. The molecule has 1 aliphatic rings. The number of aryl methyl sites for hydroxylation is 1. The fourth-order valence-corrected chi connectivity index (χ4v) is 2.59. The van der Waals surface area contributed by atoms with Crippen LogP contribution in [0, 0.1) is 6.92 Å². The van der Waals surface area contributed by atoms with Crippen LogP contribution < -0.4 is 0 Å². The molecule has 0 amide bonds. The molecule has 3 rings (SSSR count). The molecule has 0 radical (unpaired) electrons. The highest BCUT2D eigenvalue weighted by Gasteiger charge is 2.31. The molecular formula is C16H14O. The molecule has 0 aliphatic heterocycles. The summed E-state index contributed by atoms with van der Waals surface area (Å²) in [5, 5.41) is 0. The van der Waals surface area contributed by atoms with Crippen molar-refractivity contribution in [3.63, 3.8) is 0 Å². The van der Waals surface area contributed by atoms with Crippen LogP contribution in [0.3, 0.4) is 0 Å². The van der Waals surface area contributed by atoms with Crippen molar-refractivity contribution in [1.82, 2.24) is 0 Å². The van der Waals surface area contributed by atoms with Crippen molar-refractivity contribution in [1.29, 1.82) is 0 Å². The molecule has 0 fully saturated rings. The number of rotatable bonds is 1. The standard InChI is InChI=1S/C16H14O/c1-11-7-8-14-13(9-11)10-15(16(14)17)12-5-3-2-4-6-12/h2-9,15H,10H2,1H3. The molecule has 1 nitrogen and oxygen atoms in total. The van der Waals surface area contributed by atoms with E-state index in [9.17, 15) is 4.79 Å². The third-order valence-electron chi connectivity index (χ3n) is 3.47. The highest BCUT2D eigenvalue weighted by atomic mass is 16.1. The van der Waals surface area contributed by atoms with Crippen molar-refractivity contribution in [3.05, 3.63) is 70.8 Å². The Balaban J connectivity index is 2.02. The Bertz CT molecular complexity index is 569. The van der Waals surface area contributed by atoms with Gasteiger partial charge in [0.25, 0.3) is 0 Å². The van der Waals surface area contributed by atoms with Gasteiger partial charge in [0.1, 0.15) is 0 Å². The molecule has 1 aliphatic carbocycles. The summed E-state index contributed by atoms with van der Waals surface area (Å²) in [5.41, 5.74) is 4.46. The maximum absolute atomic E-state index is 12.3. The van der Waals surface area contributed by atoms with E-state index in [1.807, 2.05) is 42.5 Å². The van der Waals surface area contributed by atoms with E-state index in [4.69, 9.17) is 0 Å². The summed E-state index contributed by atoms with van der Waals surface area (Å²) >= 11 is 0. The lowest BCUT2D eigenvalue weighted by Crippen LogP contribution is -2.06. The summed E-state index contributed by atoms with van der Waals surface area (Å²) in [6, 6.07) is 16.2. The van der Waals surface area contributed by atoms with Gasteiger partial charge in [-0.2, -0.15) is 0 Å².